The molecule has 2 N–H and O–H groups in total. The summed E-state index contributed by atoms with van der Waals surface area (Å²) in [6.07, 6.45) is 0. The molecule has 29 heavy (non-hydrogen) atoms. The Morgan fingerprint density at radius 2 is 1.69 bits per heavy atom. The van der Waals surface area contributed by atoms with Crippen molar-refractivity contribution in [2.75, 3.05) is 45.2 Å². The molecule has 0 aromatic heterocycles. The first-order chi connectivity index (χ1) is 14.1. The molecule has 0 unspecified atom stereocenters. The number of nitrogens with zero attached hydrogens (tertiary/aromatic N) is 2. The lowest BCUT2D eigenvalue weighted by Gasteiger charge is -2.41. The molecule has 6 heteroatoms. The summed E-state index contributed by atoms with van der Waals surface area (Å²) in [7, 11) is 2.19. The van der Waals surface area contributed by atoms with Crippen LogP contribution in [0.15, 0.2) is 54.6 Å². The van der Waals surface area contributed by atoms with Gasteiger partial charge >= 0.3 is 0 Å². The van der Waals surface area contributed by atoms with Crippen LogP contribution in [-0.4, -0.2) is 60.8 Å². The quantitative estimate of drug-likeness (QED) is 0.675. The molecular formula is C23H32N4OS. The summed E-state index contributed by atoms with van der Waals surface area (Å²) in [4.78, 5) is 4.95. The molecular weight excluding hydrogens is 380 g/mol. The van der Waals surface area contributed by atoms with E-state index in [1.165, 1.54) is 5.56 Å². The second-order valence-electron chi connectivity index (χ2n) is 7.54. The number of nitrogens with one attached hydrogen (secondary N) is 2. The molecule has 0 amide bonds. The number of anilines is 1. The average molecular weight is 413 g/mol. The van der Waals surface area contributed by atoms with E-state index in [2.05, 4.69) is 64.7 Å². The molecule has 1 saturated heterocycles. The molecule has 0 spiro atoms. The van der Waals surface area contributed by atoms with Gasteiger partial charge in [0.25, 0.3) is 0 Å². The molecule has 2 atom stereocenters. The van der Waals surface area contributed by atoms with Gasteiger partial charge in [-0.1, -0.05) is 30.3 Å². The number of hydrogen-bond donors (Lipinski definition) is 2. The van der Waals surface area contributed by atoms with Gasteiger partial charge in [0, 0.05) is 37.9 Å². The van der Waals surface area contributed by atoms with Crippen LogP contribution in [0.1, 0.15) is 25.5 Å². The van der Waals surface area contributed by atoms with E-state index in [0.717, 1.165) is 37.6 Å². The lowest BCUT2D eigenvalue weighted by Crippen LogP contribution is -2.52. The van der Waals surface area contributed by atoms with Gasteiger partial charge in [-0.2, -0.15) is 0 Å². The number of likely N-dealkylation sites (N-methyl/N-ethyl adjacent to an activating group) is 1. The number of piperazine rings is 1. The SMILES string of the molecule is CCOc1ccc(NC(=S)N[C@@H](C)[C@H](c2ccccc2)N2CCN(C)CC2)cc1. The predicted molar refractivity (Wildman–Crippen MR) is 125 cm³/mol. The standard InChI is InChI=1S/C23H32N4OS/c1-4-28-21-12-10-20(11-13-21)25-23(29)24-18(2)22(19-8-6-5-7-9-19)27-16-14-26(3)15-17-27/h5-13,18,22H,4,14-17H2,1-3H3,(H2,24,25,29)/t18-,22+/m0/s1. The molecule has 0 radical (unpaired) electrons. The van der Waals surface area contributed by atoms with Crippen LogP contribution in [0.3, 0.4) is 0 Å². The van der Waals surface area contributed by atoms with E-state index in [1.807, 2.05) is 31.2 Å². The maximum Gasteiger partial charge on any atom is 0.171 e. The molecule has 156 valence electrons. The third kappa shape index (κ3) is 6.16. The summed E-state index contributed by atoms with van der Waals surface area (Å²) in [5.74, 6) is 0.865. The fraction of sp³-hybridized carbons (Fsp3) is 0.435. The molecule has 1 fully saturated rings. The van der Waals surface area contributed by atoms with E-state index in [1.54, 1.807) is 0 Å². The summed E-state index contributed by atoms with van der Waals surface area (Å²) in [6, 6.07) is 19.0. The Balaban J connectivity index is 1.65. The second kappa shape index (κ2) is 10.6. The van der Waals surface area contributed by atoms with Gasteiger partial charge < -0.3 is 20.3 Å². The van der Waals surface area contributed by atoms with Crippen LogP contribution < -0.4 is 15.4 Å². The van der Waals surface area contributed by atoms with E-state index in [9.17, 15) is 0 Å². The van der Waals surface area contributed by atoms with Crippen molar-refractivity contribution < 1.29 is 4.74 Å². The lowest BCUT2D eigenvalue weighted by molar-refractivity contribution is 0.0973. The average Bonchev–Trinajstić information content (AvgIpc) is 2.72. The van der Waals surface area contributed by atoms with Crippen molar-refractivity contribution in [1.82, 2.24) is 15.1 Å². The Kier molecular flexibility index (Phi) is 7.86. The first-order valence-corrected chi connectivity index (χ1v) is 10.8. The highest BCUT2D eigenvalue weighted by Gasteiger charge is 2.28. The summed E-state index contributed by atoms with van der Waals surface area (Å²) in [6.45, 7) is 9.15. The third-order valence-electron chi connectivity index (χ3n) is 5.33. The lowest BCUT2D eigenvalue weighted by atomic mass is 9.98. The Morgan fingerprint density at radius 1 is 1.03 bits per heavy atom. The third-order valence-corrected chi connectivity index (χ3v) is 5.55. The fourth-order valence-electron chi connectivity index (χ4n) is 3.82. The van der Waals surface area contributed by atoms with Crippen LogP contribution in [0.25, 0.3) is 0 Å². The highest BCUT2D eigenvalue weighted by Crippen LogP contribution is 2.26. The van der Waals surface area contributed by atoms with Crippen LogP contribution in [0, 0.1) is 0 Å². The first-order valence-electron chi connectivity index (χ1n) is 10.3. The van der Waals surface area contributed by atoms with E-state index in [-0.39, 0.29) is 12.1 Å². The van der Waals surface area contributed by atoms with Gasteiger partial charge in [0.1, 0.15) is 5.75 Å². The highest BCUT2D eigenvalue weighted by atomic mass is 32.1. The van der Waals surface area contributed by atoms with Gasteiger partial charge in [-0.3, -0.25) is 4.90 Å². The number of benzene rings is 2. The van der Waals surface area contributed by atoms with E-state index in [0.29, 0.717) is 11.7 Å². The molecule has 1 aliphatic heterocycles. The van der Waals surface area contributed by atoms with Gasteiger partial charge in [0.05, 0.1) is 12.6 Å². The van der Waals surface area contributed by atoms with Crippen LogP contribution in [0.2, 0.25) is 0 Å². The Bertz CT molecular complexity index is 760. The largest absolute Gasteiger partial charge is 0.494 e. The summed E-state index contributed by atoms with van der Waals surface area (Å²) < 4.78 is 5.50. The van der Waals surface area contributed by atoms with Crippen molar-refractivity contribution in [3.05, 3.63) is 60.2 Å². The normalized spacial score (nSPS) is 17.3. The second-order valence-corrected chi connectivity index (χ2v) is 7.95. The Hall–Kier alpha value is -2.15. The van der Waals surface area contributed by atoms with Gasteiger partial charge in [-0.25, -0.2) is 0 Å². The summed E-state index contributed by atoms with van der Waals surface area (Å²) in [5.41, 5.74) is 2.27. The van der Waals surface area contributed by atoms with Crippen molar-refractivity contribution in [3.8, 4) is 5.75 Å². The predicted octanol–water partition coefficient (Wildman–Crippen LogP) is 3.75. The molecule has 1 aliphatic rings. The monoisotopic (exact) mass is 412 g/mol. The molecule has 0 bridgehead atoms. The fourth-order valence-corrected chi connectivity index (χ4v) is 4.12. The van der Waals surface area contributed by atoms with Gasteiger partial charge in [0.15, 0.2) is 5.11 Å². The minimum absolute atomic E-state index is 0.170. The maximum absolute atomic E-state index is 5.61. The topological polar surface area (TPSA) is 39.8 Å². The summed E-state index contributed by atoms with van der Waals surface area (Å²) in [5, 5.41) is 7.44. The van der Waals surface area contributed by atoms with Gasteiger partial charge in [-0.15, -0.1) is 0 Å². The number of thiocarbonyl (C=S) groups is 1. The molecule has 0 saturated carbocycles. The minimum atomic E-state index is 0.170. The van der Waals surface area contributed by atoms with Crippen LogP contribution in [0.4, 0.5) is 5.69 Å². The van der Waals surface area contributed by atoms with Crippen molar-refractivity contribution in [2.24, 2.45) is 0 Å². The van der Waals surface area contributed by atoms with Crippen molar-refractivity contribution in [2.45, 2.75) is 25.9 Å². The van der Waals surface area contributed by atoms with Gasteiger partial charge in [0.2, 0.25) is 0 Å². The molecule has 2 aromatic carbocycles. The molecule has 5 nitrogen and oxygen atoms in total. The van der Waals surface area contributed by atoms with E-state index < -0.39 is 0 Å². The zero-order valence-corrected chi connectivity index (χ0v) is 18.4. The number of ether oxygens (including phenoxy) is 1. The summed E-state index contributed by atoms with van der Waals surface area (Å²) >= 11 is 5.61. The first kappa shape index (κ1) is 21.6. The van der Waals surface area contributed by atoms with Crippen molar-refractivity contribution >= 4 is 23.0 Å². The smallest absolute Gasteiger partial charge is 0.171 e. The van der Waals surface area contributed by atoms with Crippen molar-refractivity contribution in [3.63, 3.8) is 0 Å². The zero-order chi connectivity index (χ0) is 20.6. The molecule has 2 aromatic rings. The van der Waals surface area contributed by atoms with E-state index >= 15 is 0 Å². The number of hydrogen-bond acceptors (Lipinski definition) is 4. The van der Waals surface area contributed by atoms with Crippen LogP contribution in [0.5, 0.6) is 5.75 Å². The minimum Gasteiger partial charge on any atom is -0.494 e. The highest BCUT2D eigenvalue weighted by molar-refractivity contribution is 7.80. The van der Waals surface area contributed by atoms with E-state index in [4.69, 9.17) is 17.0 Å². The van der Waals surface area contributed by atoms with Gasteiger partial charge in [-0.05, 0) is 62.9 Å². The molecule has 3 rings (SSSR count). The Labute approximate surface area is 180 Å². The van der Waals surface area contributed by atoms with Crippen LogP contribution >= 0.6 is 12.2 Å². The number of rotatable bonds is 7. The Morgan fingerprint density at radius 3 is 2.31 bits per heavy atom. The zero-order valence-electron chi connectivity index (χ0n) is 17.6. The molecule has 1 heterocycles. The maximum atomic E-state index is 5.61. The van der Waals surface area contributed by atoms with Crippen LogP contribution in [-0.2, 0) is 0 Å². The molecule has 0 aliphatic carbocycles. The van der Waals surface area contributed by atoms with Crippen molar-refractivity contribution in [1.29, 1.82) is 0 Å².